The molecule has 1 aromatic heterocycles. The van der Waals surface area contributed by atoms with Gasteiger partial charge in [0.15, 0.2) is 0 Å². The predicted molar refractivity (Wildman–Crippen MR) is 69.0 cm³/mol. The minimum Gasteiger partial charge on any atom is -0.390 e. The van der Waals surface area contributed by atoms with E-state index in [2.05, 4.69) is 43.5 Å². The molecule has 0 spiro atoms. The summed E-state index contributed by atoms with van der Waals surface area (Å²) in [5, 5.41) is 15.1. The number of hydrogen-bond acceptors (Lipinski definition) is 2. The maximum absolute atomic E-state index is 10.4. The van der Waals surface area contributed by atoms with E-state index in [1.165, 1.54) is 5.69 Å². The van der Waals surface area contributed by atoms with E-state index in [-0.39, 0.29) is 17.6 Å². The Morgan fingerprint density at radius 3 is 2.59 bits per heavy atom. The highest BCUT2D eigenvalue weighted by Gasteiger charge is 2.42. The first-order valence-corrected chi connectivity index (χ1v) is 6.75. The van der Waals surface area contributed by atoms with E-state index in [1.807, 2.05) is 0 Å². The number of nitrogens with zero attached hydrogens (tertiary/aromatic N) is 2. The minimum atomic E-state index is -0.280. The molecule has 1 heterocycles. The Balaban J connectivity index is 2.31. The Bertz CT molecular complexity index is 395. The molecule has 0 bridgehead atoms. The summed E-state index contributed by atoms with van der Waals surface area (Å²) in [4.78, 5) is 0. The van der Waals surface area contributed by atoms with Crippen molar-refractivity contribution < 1.29 is 5.11 Å². The summed E-state index contributed by atoms with van der Waals surface area (Å²) in [5.74, 6) is 0. The highest BCUT2D eigenvalue weighted by atomic mass is 16.3. The summed E-state index contributed by atoms with van der Waals surface area (Å²) in [6, 6.07) is 2.35. The highest BCUT2D eigenvalue weighted by Crippen LogP contribution is 2.44. The maximum Gasteiger partial charge on any atom is 0.0815 e. The number of rotatable bonds is 3. The third-order valence-electron chi connectivity index (χ3n) is 4.15. The molecule has 2 unspecified atom stereocenters. The Morgan fingerprint density at radius 1 is 1.41 bits per heavy atom. The summed E-state index contributed by atoms with van der Waals surface area (Å²) < 4.78 is 2.08. The number of aromatic nitrogens is 2. The van der Waals surface area contributed by atoms with Crippen LogP contribution in [0.15, 0.2) is 6.07 Å². The monoisotopic (exact) mass is 236 g/mol. The lowest BCUT2D eigenvalue weighted by molar-refractivity contribution is 0.0454. The van der Waals surface area contributed by atoms with Gasteiger partial charge in [0.05, 0.1) is 17.8 Å². The molecule has 0 radical (unpaired) electrons. The second-order valence-electron chi connectivity index (χ2n) is 5.82. The molecule has 1 aliphatic carbocycles. The van der Waals surface area contributed by atoms with Crippen LogP contribution in [0, 0.1) is 5.41 Å². The molecule has 1 aliphatic rings. The van der Waals surface area contributed by atoms with Crippen molar-refractivity contribution in [2.75, 3.05) is 0 Å². The average Bonchev–Trinajstić information content (AvgIpc) is 2.82. The van der Waals surface area contributed by atoms with Gasteiger partial charge in [0.25, 0.3) is 0 Å². The van der Waals surface area contributed by atoms with E-state index >= 15 is 0 Å². The molecule has 96 valence electrons. The van der Waals surface area contributed by atoms with Crippen molar-refractivity contribution in [1.82, 2.24) is 9.78 Å². The molecule has 0 aliphatic heterocycles. The summed E-state index contributed by atoms with van der Waals surface area (Å²) in [5.41, 5.74) is 2.41. The van der Waals surface area contributed by atoms with Gasteiger partial charge in [0.1, 0.15) is 0 Å². The van der Waals surface area contributed by atoms with Crippen molar-refractivity contribution >= 4 is 0 Å². The van der Waals surface area contributed by atoms with Crippen LogP contribution >= 0.6 is 0 Å². The zero-order valence-electron chi connectivity index (χ0n) is 11.4. The Hall–Kier alpha value is -0.830. The molecule has 17 heavy (non-hydrogen) atoms. The smallest absolute Gasteiger partial charge is 0.0815 e. The van der Waals surface area contributed by atoms with E-state index in [9.17, 15) is 5.11 Å². The van der Waals surface area contributed by atoms with E-state index in [4.69, 9.17) is 0 Å². The molecular formula is C14H24N2O. The third-order valence-corrected chi connectivity index (χ3v) is 4.15. The largest absolute Gasteiger partial charge is 0.390 e. The van der Waals surface area contributed by atoms with Crippen molar-refractivity contribution in [1.29, 1.82) is 0 Å². The van der Waals surface area contributed by atoms with Crippen LogP contribution in [0.4, 0.5) is 0 Å². The van der Waals surface area contributed by atoms with Gasteiger partial charge < -0.3 is 5.11 Å². The third kappa shape index (κ3) is 2.13. The molecule has 3 nitrogen and oxygen atoms in total. The van der Waals surface area contributed by atoms with Crippen LogP contribution < -0.4 is 0 Å². The van der Waals surface area contributed by atoms with Gasteiger partial charge in [-0.3, -0.25) is 4.68 Å². The molecule has 2 rings (SSSR count). The van der Waals surface area contributed by atoms with Crippen molar-refractivity contribution in [3.05, 3.63) is 17.5 Å². The predicted octanol–water partition coefficient (Wildman–Crippen LogP) is 2.73. The van der Waals surface area contributed by atoms with Gasteiger partial charge in [-0.25, -0.2) is 0 Å². The first-order chi connectivity index (χ1) is 7.99. The van der Waals surface area contributed by atoms with Crippen LogP contribution in [0.3, 0.4) is 0 Å². The van der Waals surface area contributed by atoms with Gasteiger partial charge in [-0.2, -0.15) is 5.10 Å². The van der Waals surface area contributed by atoms with Crippen LogP contribution in [0.5, 0.6) is 0 Å². The molecule has 2 atom stereocenters. The van der Waals surface area contributed by atoms with Crippen molar-refractivity contribution in [2.24, 2.45) is 5.41 Å². The second kappa shape index (κ2) is 4.45. The average molecular weight is 236 g/mol. The Kier molecular flexibility index (Phi) is 3.30. The van der Waals surface area contributed by atoms with Crippen LogP contribution in [-0.2, 0) is 12.8 Å². The van der Waals surface area contributed by atoms with Crippen LogP contribution in [-0.4, -0.2) is 21.0 Å². The number of hydrogen-bond donors (Lipinski definition) is 1. The summed E-state index contributed by atoms with van der Waals surface area (Å²) in [6.07, 6.45) is 3.77. The zero-order valence-corrected chi connectivity index (χ0v) is 11.4. The number of aryl methyl sites for hydroxylation is 2. The number of aliphatic hydroxyl groups is 1. The summed E-state index contributed by atoms with van der Waals surface area (Å²) >= 11 is 0. The minimum absolute atomic E-state index is 0.0218. The number of aliphatic hydroxyl groups excluding tert-OH is 1. The molecular weight excluding hydrogens is 212 g/mol. The lowest BCUT2D eigenvalue weighted by Gasteiger charge is -2.26. The SMILES string of the molecule is CCc1cc(CC)n(C2CCC(C)(C)C2O)n1. The van der Waals surface area contributed by atoms with Gasteiger partial charge in [-0.1, -0.05) is 27.7 Å². The molecule has 1 saturated carbocycles. The topological polar surface area (TPSA) is 38.0 Å². The first-order valence-electron chi connectivity index (χ1n) is 6.75. The fraction of sp³-hybridized carbons (Fsp3) is 0.786. The molecule has 1 aromatic rings. The summed E-state index contributed by atoms with van der Waals surface area (Å²) in [7, 11) is 0. The molecule has 0 aromatic carbocycles. The highest BCUT2D eigenvalue weighted by molar-refractivity contribution is 5.13. The Morgan fingerprint density at radius 2 is 2.12 bits per heavy atom. The lowest BCUT2D eigenvalue weighted by Crippen LogP contribution is -2.30. The fourth-order valence-corrected chi connectivity index (χ4v) is 2.82. The van der Waals surface area contributed by atoms with E-state index in [0.717, 1.165) is 31.4 Å². The van der Waals surface area contributed by atoms with Crippen LogP contribution in [0.2, 0.25) is 0 Å². The quantitative estimate of drug-likeness (QED) is 0.876. The van der Waals surface area contributed by atoms with Crippen LogP contribution in [0.1, 0.15) is 58.0 Å². The normalized spacial score (nSPS) is 27.6. The van der Waals surface area contributed by atoms with Gasteiger partial charge in [-0.15, -0.1) is 0 Å². The lowest BCUT2D eigenvalue weighted by atomic mass is 9.89. The maximum atomic E-state index is 10.4. The van der Waals surface area contributed by atoms with Crippen molar-refractivity contribution in [2.45, 2.75) is 65.5 Å². The molecule has 1 N–H and O–H groups in total. The molecule has 3 heteroatoms. The van der Waals surface area contributed by atoms with E-state index in [1.54, 1.807) is 0 Å². The standard InChI is InChI=1S/C14H24N2O/c1-5-10-9-11(6-2)16(15-10)12-7-8-14(3,4)13(12)17/h9,12-13,17H,5-8H2,1-4H3. The van der Waals surface area contributed by atoms with Crippen LogP contribution in [0.25, 0.3) is 0 Å². The summed E-state index contributed by atoms with van der Waals surface area (Å²) in [6.45, 7) is 8.57. The van der Waals surface area contributed by atoms with Crippen molar-refractivity contribution in [3.63, 3.8) is 0 Å². The fourth-order valence-electron chi connectivity index (χ4n) is 2.82. The van der Waals surface area contributed by atoms with Gasteiger partial charge in [0, 0.05) is 5.69 Å². The molecule has 0 saturated heterocycles. The Labute approximate surface area is 104 Å². The second-order valence-corrected chi connectivity index (χ2v) is 5.82. The van der Waals surface area contributed by atoms with Gasteiger partial charge in [-0.05, 0) is 37.2 Å². The zero-order chi connectivity index (χ0) is 12.6. The van der Waals surface area contributed by atoms with Gasteiger partial charge in [0.2, 0.25) is 0 Å². The van der Waals surface area contributed by atoms with Crippen molar-refractivity contribution in [3.8, 4) is 0 Å². The van der Waals surface area contributed by atoms with E-state index in [0.29, 0.717) is 0 Å². The van der Waals surface area contributed by atoms with E-state index < -0.39 is 0 Å². The molecule has 0 amide bonds. The first kappa shape index (κ1) is 12.6. The van der Waals surface area contributed by atoms with Gasteiger partial charge >= 0.3 is 0 Å². The molecule has 1 fully saturated rings.